The predicted octanol–water partition coefficient (Wildman–Crippen LogP) is -0.0584. The summed E-state index contributed by atoms with van der Waals surface area (Å²) in [6.07, 6.45) is 2.98. The molecule has 0 radical (unpaired) electrons. The summed E-state index contributed by atoms with van der Waals surface area (Å²) in [6.45, 7) is 10.5. The first-order valence-electron chi connectivity index (χ1n) is 10.5. The summed E-state index contributed by atoms with van der Waals surface area (Å²) in [5.41, 5.74) is 2.69. The molecule has 170 valence electrons. The Morgan fingerprint density at radius 1 is 1.23 bits per heavy atom. The molecule has 0 unspecified atom stereocenters. The van der Waals surface area contributed by atoms with Gasteiger partial charge in [0.05, 0.1) is 5.69 Å². The molecule has 1 saturated carbocycles. The number of pyridine rings is 1. The van der Waals surface area contributed by atoms with E-state index < -0.39 is 21.5 Å². The molecule has 4 N–H and O–H groups in total. The van der Waals surface area contributed by atoms with Gasteiger partial charge in [0.15, 0.2) is 5.65 Å². The van der Waals surface area contributed by atoms with Crippen LogP contribution >= 0.6 is 0 Å². The standard InChI is InChI=1S/C19H30N8O3S/c1-13(2)11-25-6-8-26(9-7-25)15-10-14(31(29,30)24-19(3)4-5-19)12-27-16(15)22-23-17(27)18(28)21-20/h10,12-13,24H,4-9,11,20H2,1-3H3,(H,21,28). The third-order valence-corrected chi connectivity index (χ3v) is 7.43. The number of rotatable bonds is 7. The van der Waals surface area contributed by atoms with E-state index >= 15 is 0 Å². The Bertz CT molecular complexity index is 1090. The van der Waals surface area contributed by atoms with E-state index in [9.17, 15) is 13.2 Å². The number of nitrogens with one attached hydrogen (secondary N) is 2. The molecule has 1 saturated heterocycles. The Morgan fingerprint density at radius 3 is 2.48 bits per heavy atom. The van der Waals surface area contributed by atoms with Crippen molar-refractivity contribution in [1.82, 2.24) is 29.6 Å². The van der Waals surface area contributed by atoms with Crippen LogP contribution in [0.25, 0.3) is 5.65 Å². The quantitative estimate of drug-likeness (QED) is 0.303. The van der Waals surface area contributed by atoms with Gasteiger partial charge >= 0.3 is 5.91 Å². The van der Waals surface area contributed by atoms with Crippen LogP contribution in [0.3, 0.4) is 0 Å². The highest BCUT2D eigenvalue weighted by Gasteiger charge is 2.41. The first-order valence-corrected chi connectivity index (χ1v) is 12.0. The maximum absolute atomic E-state index is 13.1. The van der Waals surface area contributed by atoms with Crippen LogP contribution in [0.5, 0.6) is 0 Å². The van der Waals surface area contributed by atoms with Gasteiger partial charge in [-0.25, -0.2) is 19.0 Å². The second-order valence-corrected chi connectivity index (χ2v) is 10.8. The van der Waals surface area contributed by atoms with Crippen molar-refractivity contribution in [1.29, 1.82) is 0 Å². The topological polar surface area (TPSA) is 138 Å². The molecule has 3 heterocycles. The molecule has 31 heavy (non-hydrogen) atoms. The zero-order chi connectivity index (χ0) is 22.4. The number of nitrogens with two attached hydrogens (primary N) is 1. The molecular formula is C19H30N8O3S. The number of aromatic nitrogens is 3. The molecule has 2 fully saturated rings. The summed E-state index contributed by atoms with van der Waals surface area (Å²) in [4.78, 5) is 16.7. The summed E-state index contributed by atoms with van der Waals surface area (Å²) in [7, 11) is -3.79. The van der Waals surface area contributed by atoms with Crippen LogP contribution in [0.1, 0.15) is 44.2 Å². The van der Waals surface area contributed by atoms with Crippen LogP contribution in [-0.4, -0.2) is 72.1 Å². The highest BCUT2D eigenvalue weighted by atomic mass is 32.2. The Kier molecular flexibility index (Phi) is 5.66. The molecule has 1 amide bonds. The average molecular weight is 451 g/mol. The molecule has 0 atom stereocenters. The lowest BCUT2D eigenvalue weighted by Crippen LogP contribution is -2.47. The molecule has 11 nitrogen and oxygen atoms in total. The van der Waals surface area contributed by atoms with Crippen molar-refractivity contribution in [3.63, 3.8) is 0 Å². The third kappa shape index (κ3) is 4.52. The number of nitrogens with zero attached hydrogens (tertiary/aromatic N) is 5. The van der Waals surface area contributed by atoms with Gasteiger partial charge in [0, 0.05) is 44.5 Å². The van der Waals surface area contributed by atoms with E-state index in [-0.39, 0.29) is 10.7 Å². The van der Waals surface area contributed by atoms with Crippen LogP contribution in [0.4, 0.5) is 5.69 Å². The SMILES string of the molecule is CC(C)CN1CCN(c2cc(S(=O)(=O)NC3(C)CC3)cn3c(C(=O)NN)nnc23)CC1. The van der Waals surface area contributed by atoms with E-state index in [0.717, 1.165) is 45.6 Å². The van der Waals surface area contributed by atoms with Crippen molar-refractivity contribution in [3.05, 3.63) is 18.1 Å². The fourth-order valence-corrected chi connectivity index (χ4v) is 5.39. The summed E-state index contributed by atoms with van der Waals surface area (Å²) >= 11 is 0. The van der Waals surface area contributed by atoms with Gasteiger partial charge in [-0.1, -0.05) is 13.8 Å². The summed E-state index contributed by atoms with van der Waals surface area (Å²) in [6, 6.07) is 1.63. The number of carbonyl (C=O) groups is 1. The van der Waals surface area contributed by atoms with Gasteiger partial charge in [-0.3, -0.25) is 19.5 Å². The fourth-order valence-electron chi connectivity index (χ4n) is 3.91. The van der Waals surface area contributed by atoms with Crippen molar-refractivity contribution in [2.24, 2.45) is 11.8 Å². The van der Waals surface area contributed by atoms with E-state index in [4.69, 9.17) is 5.84 Å². The fraction of sp³-hybridized carbons (Fsp3) is 0.632. The number of amides is 1. The van der Waals surface area contributed by atoms with Gasteiger partial charge in [-0.05, 0) is 31.7 Å². The summed E-state index contributed by atoms with van der Waals surface area (Å²) < 4.78 is 30.4. The number of hydrazine groups is 1. The molecule has 1 aliphatic heterocycles. The maximum Gasteiger partial charge on any atom is 0.303 e. The molecule has 2 aliphatic rings. The van der Waals surface area contributed by atoms with E-state index in [2.05, 4.69) is 38.6 Å². The normalized spacial score (nSPS) is 19.2. The molecule has 0 spiro atoms. The van der Waals surface area contributed by atoms with E-state index in [1.54, 1.807) is 6.07 Å². The monoisotopic (exact) mass is 450 g/mol. The Hall–Kier alpha value is -2.28. The smallest absolute Gasteiger partial charge is 0.303 e. The molecule has 12 heteroatoms. The zero-order valence-corrected chi connectivity index (χ0v) is 18.9. The molecule has 4 rings (SSSR count). The first kappa shape index (κ1) is 21.9. The van der Waals surface area contributed by atoms with Crippen molar-refractivity contribution >= 4 is 27.3 Å². The van der Waals surface area contributed by atoms with Gasteiger partial charge in [0.2, 0.25) is 15.8 Å². The second kappa shape index (κ2) is 8.01. The first-order chi connectivity index (χ1) is 14.6. The van der Waals surface area contributed by atoms with Gasteiger partial charge in [-0.2, -0.15) is 0 Å². The highest BCUT2D eigenvalue weighted by molar-refractivity contribution is 7.89. The number of fused-ring (bicyclic) bond motifs is 1. The van der Waals surface area contributed by atoms with Crippen molar-refractivity contribution in [3.8, 4) is 0 Å². The average Bonchev–Trinajstić information content (AvgIpc) is 3.27. The molecule has 1 aliphatic carbocycles. The minimum Gasteiger partial charge on any atom is -0.366 e. The maximum atomic E-state index is 13.1. The van der Waals surface area contributed by atoms with Crippen LogP contribution in [0.2, 0.25) is 0 Å². The minimum absolute atomic E-state index is 0.0631. The van der Waals surface area contributed by atoms with Gasteiger partial charge < -0.3 is 4.90 Å². The lowest BCUT2D eigenvalue weighted by Gasteiger charge is -2.36. The number of nitrogen functional groups attached to an aromatic ring is 1. The predicted molar refractivity (Wildman–Crippen MR) is 116 cm³/mol. The molecular weight excluding hydrogens is 420 g/mol. The summed E-state index contributed by atoms with van der Waals surface area (Å²) in [5, 5.41) is 8.12. The Balaban J connectivity index is 1.73. The van der Waals surface area contributed by atoms with Crippen molar-refractivity contribution in [2.45, 2.75) is 44.0 Å². The molecule has 2 aromatic heterocycles. The van der Waals surface area contributed by atoms with Crippen LogP contribution in [0.15, 0.2) is 17.2 Å². The molecule has 0 bridgehead atoms. The third-order valence-electron chi connectivity index (χ3n) is 5.82. The number of piperazine rings is 1. The van der Waals surface area contributed by atoms with E-state index in [1.165, 1.54) is 10.6 Å². The largest absolute Gasteiger partial charge is 0.366 e. The van der Waals surface area contributed by atoms with Crippen LogP contribution in [0, 0.1) is 5.92 Å². The number of anilines is 1. The number of hydrogen-bond donors (Lipinski definition) is 3. The lowest BCUT2D eigenvalue weighted by atomic mass is 10.2. The zero-order valence-electron chi connectivity index (χ0n) is 18.1. The van der Waals surface area contributed by atoms with E-state index in [0.29, 0.717) is 17.3 Å². The molecule has 2 aromatic rings. The van der Waals surface area contributed by atoms with Crippen molar-refractivity contribution in [2.75, 3.05) is 37.6 Å². The van der Waals surface area contributed by atoms with Crippen LogP contribution < -0.4 is 20.9 Å². The second-order valence-electron chi connectivity index (χ2n) is 9.10. The van der Waals surface area contributed by atoms with Crippen molar-refractivity contribution < 1.29 is 13.2 Å². The van der Waals surface area contributed by atoms with Crippen LogP contribution in [-0.2, 0) is 10.0 Å². The van der Waals surface area contributed by atoms with Gasteiger partial charge in [0.25, 0.3) is 0 Å². The van der Waals surface area contributed by atoms with Gasteiger partial charge in [0.1, 0.15) is 4.90 Å². The number of sulfonamides is 1. The highest BCUT2D eigenvalue weighted by Crippen LogP contribution is 2.36. The molecule has 0 aromatic carbocycles. The van der Waals surface area contributed by atoms with Gasteiger partial charge in [-0.15, -0.1) is 10.2 Å². The minimum atomic E-state index is -3.79. The number of carbonyl (C=O) groups excluding carboxylic acids is 1. The Labute approximate surface area is 182 Å². The summed E-state index contributed by atoms with van der Waals surface area (Å²) in [5.74, 6) is 5.15. The van der Waals surface area contributed by atoms with E-state index in [1.807, 2.05) is 12.3 Å². The Morgan fingerprint density at radius 2 is 1.90 bits per heavy atom. The number of hydrogen-bond acceptors (Lipinski definition) is 8. The lowest BCUT2D eigenvalue weighted by molar-refractivity contribution is 0.0942.